The molecule has 1 aliphatic rings. The normalized spacial score (nSPS) is 22.1. The maximum Gasteiger partial charge on any atom is 0.222 e. The van der Waals surface area contributed by atoms with Crippen LogP contribution in [0.3, 0.4) is 0 Å². The number of amides is 1. The summed E-state index contributed by atoms with van der Waals surface area (Å²) < 4.78 is 0. The van der Waals surface area contributed by atoms with Crippen LogP contribution in [0, 0.1) is 11.3 Å². The standard InChI is InChI=1S/C10H17N3O/c1-13-8-9(4-5-10(13)14)12-7-3-2-6-11/h9,12H,2-5,7-8H2,1H3. The molecule has 1 unspecified atom stereocenters. The molecule has 1 atom stereocenters. The molecule has 0 radical (unpaired) electrons. The average Bonchev–Trinajstić information content (AvgIpc) is 2.18. The molecule has 0 spiro atoms. The van der Waals surface area contributed by atoms with E-state index in [4.69, 9.17) is 5.26 Å². The number of hydrogen-bond donors (Lipinski definition) is 1. The van der Waals surface area contributed by atoms with Crippen molar-refractivity contribution in [1.82, 2.24) is 10.2 Å². The first-order valence-electron chi connectivity index (χ1n) is 5.08. The molecule has 1 rings (SSSR count). The number of piperidine rings is 1. The van der Waals surface area contributed by atoms with Gasteiger partial charge in [-0.3, -0.25) is 4.79 Å². The van der Waals surface area contributed by atoms with Gasteiger partial charge in [0.2, 0.25) is 5.91 Å². The first-order valence-corrected chi connectivity index (χ1v) is 5.08. The van der Waals surface area contributed by atoms with Crippen LogP contribution in [0.5, 0.6) is 0 Å². The first-order chi connectivity index (χ1) is 6.74. The molecule has 0 aromatic carbocycles. The van der Waals surface area contributed by atoms with Gasteiger partial charge in [0.05, 0.1) is 6.07 Å². The molecule has 78 valence electrons. The molecule has 0 bridgehead atoms. The number of hydrogen-bond acceptors (Lipinski definition) is 3. The molecule has 1 saturated heterocycles. The Kier molecular flexibility index (Phi) is 4.41. The molecular weight excluding hydrogens is 178 g/mol. The van der Waals surface area contributed by atoms with Crippen LogP contribution in [0.4, 0.5) is 0 Å². The Labute approximate surface area is 84.9 Å². The maximum atomic E-state index is 11.2. The van der Waals surface area contributed by atoms with Gasteiger partial charge in [0.25, 0.3) is 0 Å². The number of unbranched alkanes of at least 4 members (excludes halogenated alkanes) is 1. The highest BCUT2D eigenvalue weighted by atomic mass is 16.2. The smallest absolute Gasteiger partial charge is 0.222 e. The fraction of sp³-hybridized carbons (Fsp3) is 0.800. The van der Waals surface area contributed by atoms with E-state index >= 15 is 0 Å². The zero-order chi connectivity index (χ0) is 10.4. The third-order valence-electron chi connectivity index (χ3n) is 2.53. The average molecular weight is 195 g/mol. The van der Waals surface area contributed by atoms with E-state index < -0.39 is 0 Å². The lowest BCUT2D eigenvalue weighted by atomic mass is 10.1. The Morgan fingerprint density at radius 2 is 2.50 bits per heavy atom. The minimum atomic E-state index is 0.236. The second-order valence-electron chi connectivity index (χ2n) is 3.73. The summed E-state index contributed by atoms with van der Waals surface area (Å²) in [6, 6.07) is 2.53. The molecule has 1 N–H and O–H groups in total. The van der Waals surface area contributed by atoms with Crippen LogP contribution in [0.2, 0.25) is 0 Å². The fourth-order valence-corrected chi connectivity index (χ4v) is 1.65. The van der Waals surface area contributed by atoms with E-state index in [9.17, 15) is 4.79 Å². The van der Waals surface area contributed by atoms with Crippen LogP contribution in [-0.2, 0) is 4.79 Å². The highest BCUT2D eigenvalue weighted by Gasteiger charge is 2.21. The zero-order valence-electron chi connectivity index (χ0n) is 8.62. The highest BCUT2D eigenvalue weighted by molar-refractivity contribution is 5.76. The van der Waals surface area contributed by atoms with Gasteiger partial charge in [0.15, 0.2) is 0 Å². The highest BCUT2D eigenvalue weighted by Crippen LogP contribution is 2.09. The molecule has 1 heterocycles. The van der Waals surface area contributed by atoms with Gasteiger partial charge >= 0.3 is 0 Å². The number of carbonyl (C=O) groups excluding carboxylic acids is 1. The summed E-state index contributed by atoms with van der Waals surface area (Å²) in [6.45, 7) is 1.67. The summed E-state index contributed by atoms with van der Waals surface area (Å²) >= 11 is 0. The van der Waals surface area contributed by atoms with E-state index in [1.807, 2.05) is 7.05 Å². The molecule has 1 amide bonds. The Balaban J connectivity index is 2.14. The minimum Gasteiger partial charge on any atom is -0.344 e. The molecule has 0 aliphatic carbocycles. The number of nitrogens with zero attached hydrogens (tertiary/aromatic N) is 2. The second kappa shape index (κ2) is 5.61. The van der Waals surface area contributed by atoms with E-state index in [0.29, 0.717) is 18.9 Å². The van der Waals surface area contributed by atoms with Crippen LogP contribution in [0.1, 0.15) is 25.7 Å². The molecule has 0 aromatic rings. The summed E-state index contributed by atoms with van der Waals surface area (Å²) in [5, 5.41) is 11.7. The first kappa shape index (κ1) is 11.0. The third-order valence-corrected chi connectivity index (χ3v) is 2.53. The van der Waals surface area contributed by atoms with Crippen molar-refractivity contribution in [2.24, 2.45) is 0 Å². The van der Waals surface area contributed by atoms with Crippen molar-refractivity contribution >= 4 is 5.91 Å². The molecule has 0 saturated carbocycles. The van der Waals surface area contributed by atoms with E-state index in [2.05, 4.69) is 11.4 Å². The van der Waals surface area contributed by atoms with Crippen LogP contribution in [0.15, 0.2) is 0 Å². The Morgan fingerprint density at radius 3 is 3.14 bits per heavy atom. The van der Waals surface area contributed by atoms with Crippen molar-refractivity contribution in [3.63, 3.8) is 0 Å². The minimum absolute atomic E-state index is 0.236. The summed E-state index contributed by atoms with van der Waals surface area (Å²) in [5.41, 5.74) is 0. The van der Waals surface area contributed by atoms with E-state index in [0.717, 1.165) is 25.9 Å². The molecular formula is C10H17N3O. The SMILES string of the molecule is CN1CC(NCCCC#N)CCC1=O. The van der Waals surface area contributed by atoms with Crippen LogP contribution in [0.25, 0.3) is 0 Å². The number of likely N-dealkylation sites (N-methyl/N-ethyl adjacent to an activating group) is 1. The zero-order valence-corrected chi connectivity index (χ0v) is 8.62. The molecule has 4 nitrogen and oxygen atoms in total. The third kappa shape index (κ3) is 3.35. The molecule has 0 aromatic heterocycles. The Bertz CT molecular complexity index is 234. The van der Waals surface area contributed by atoms with E-state index in [1.165, 1.54) is 0 Å². The van der Waals surface area contributed by atoms with Gasteiger partial charge in [0, 0.05) is 32.5 Å². The van der Waals surface area contributed by atoms with Crippen LogP contribution < -0.4 is 5.32 Å². The van der Waals surface area contributed by atoms with E-state index in [1.54, 1.807) is 4.90 Å². The number of rotatable bonds is 4. The number of nitrogens with one attached hydrogen (secondary N) is 1. The summed E-state index contributed by atoms with van der Waals surface area (Å²) in [6.07, 6.45) is 3.07. The van der Waals surface area contributed by atoms with Crippen LogP contribution in [-0.4, -0.2) is 37.0 Å². The van der Waals surface area contributed by atoms with Crippen molar-refractivity contribution in [3.8, 4) is 6.07 Å². The lowest BCUT2D eigenvalue weighted by Gasteiger charge is -2.30. The van der Waals surface area contributed by atoms with Gasteiger partial charge in [0.1, 0.15) is 0 Å². The van der Waals surface area contributed by atoms with Gasteiger partial charge in [-0.1, -0.05) is 0 Å². The van der Waals surface area contributed by atoms with Gasteiger partial charge in [-0.05, 0) is 19.4 Å². The predicted octanol–water partition coefficient (Wildman–Crippen LogP) is 0.501. The summed E-state index contributed by atoms with van der Waals surface area (Å²) in [7, 11) is 1.84. The van der Waals surface area contributed by atoms with Crippen LogP contribution >= 0.6 is 0 Å². The van der Waals surface area contributed by atoms with Gasteiger partial charge < -0.3 is 10.2 Å². The molecule has 1 aliphatic heterocycles. The largest absolute Gasteiger partial charge is 0.344 e. The Morgan fingerprint density at radius 1 is 1.71 bits per heavy atom. The van der Waals surface area contributed by atoms with Crippen molar-refractivity contribution < 1.29 is 4.79 Å². The fourth-order valence-electron chi connectivity index (χ4n) is 1.65. The van der Waals surface area contributed by atoms with Crippen molar-refractivity contribution in [1.29, 1.82) is 5.26 Å². The van der Waals surface area contributed by atoms with Gasteiger partial charge in [-0.15, -0.1) is 0 Å². The number of nitriles is 1. The molecule has 1 fully saturated rings. The second-order valence-corrected chi connectivity index (χ2v) is 3.73. The maximum absolute atomic E-state index is 11.2. The molecule has 14 heavy (non-hydrogen) atoms. The lowest BCUT2D eigenvalue weighted by Crippen LogP contribution is -2.46. The summed E-state index contributed by atoms with van der Waals surface area (Å²) in [4.78, 5) is 12.9. The van der Waals surface area contributed by atoms with Crippen molar-refractivity contribution in [2.75, 3.05) is 20.1 Å². The lowest BCUT2D eigenvalue weighted by molar-refractivity contribution is -0.132. The predicted molar refractivity (Wildman–Crippen MR) is 53.5 cm³/mol. The van der Waals surface area contributed by atoms with Gasteiger partial charge in [-0.2, -0.15) is 5.26 Å². The van der Waals surface area contributed by atoms with Crippen molar-refractivity contribution in [3.05, 3.63) is 0 Å². The summed E-state index contributed by atoms with van der Waals surface area (Å²) in [5.74, 6) is 0.236. The van der Waals surface area contributed by atoms with E-state index in [-0.39, 0.29) is 5.91 Å². The molecule has 4 heteroatoms. The van der Waals surface area contributed by atoms with Gasteiger partial charge in [-0.25, -0.2) is 0 Å². The van der Waals surface area contributed by atoms with Crippen molar-refractivity contribution in [2.45, 2.75) is 31.7 Å². The topological polar surface area (TPSA) is 56.1 Å². The Hall–Kier alpha value is -1.08. The monoisotopic (exact) mass is 195 g/mol. The quantitative estimate of drug-likeness (QED) is 0.665. The number of likely N-dealkylation sites (tertiary alicyclic amines) is 1. The number of carbonyl (C=O) groups is 1.